The summed E-state index contributed by atoms with van der Waals surface area (Å²) in [5.41, 5.74) is 2.19. The van der Waals surface area contributed by atoms with Crippen LogP contribution in [0.15, 0.2) is 110 Å². The number of nitriles is 2. The first-order valence-electron chi connectivity index (χ1n) is 8.55. The quantitative estimate of drug-likeness (QED) is 0.401. The molecular weight excluding hydrogens is 360 g/mol. The number of hydrogen-bond acceptors (Lipinski definition) is 3. The molecule has 0 aliphatic heterocycles. The smallest absolute Gasteiger partial charge is 0.328 e. The van der Waals surface area contributed by atoms with Gasteiger partial charge in [-0.1, -0.05) is 104 Å². The van der Waals surface area contributed by atoms with Crippen LogP contribution in [0.25, 0.3) is 12.2 Å². The third kappa shape index (κ3) is 16.8. The number of benzene rings is 2. The average Bonchev–Trinajstić information content (AvgIpc) is 2.76. The second kappa shape index (κ2) is 18.4. The lowest BCUT2D eigenvalue weighted by Gasteiger charge is -1.87. The predicted octanol–water partition coefficient (Wildman–Crippen LogP) is 5.82. The summed E-state index contributed by atoms with van der Waals surface area (Å²) >= 11 is 0. The third-order valence-electron chi connectivity index (χ3n) is 2.90. The Morgan fingerprint density at radius 3 is 1.62 bits per heavy atom. The Labute approximate surface area is 172 Å². The number of nitrogens with zero attached hydrogens (tertiary/aromatic N) is 2. The summed E-state index contributed by atoms with van der Waals surface area (Å²) in [5.74, 6) is -0.933. The van der Waals surface area contributed by atoms with E-state index in [0.29, 0.717) is 0 Å². The fourth-order valence-electron chi connectivity index (χ4n) is 1.70. The van der Waals surface area contributed by atoms with Gasteiger partial charge in [-0.2, -0.15) is 10.5 Å². The van der Waals surface area contributed by atoms with Crippen LogP contribution in [-0.2, 0) is 4.79 Å². The molecule has 2 aromatic carbocycles. The van der Waals surface area contributed by atoms with Crippen LogP contribution in [0.3, 0.4) is 0 Å². The Balaban J connectivity index is 0.000000459. The van der Waals surface area contributed by atoms with Crippen LogP contribution >= 0.6 is 0 Å². The maximum absolute atomic E-state index is 10.1. The molecule has 0 atom stereocenters. The van der Waals surface area contributed by atoms with Crippen LogP contribution in [0.5, 0.6) is 0 Å². The van der Waals surface area contributed by atoms with Gasteiger partial charge in [-0.3, -0.25) is 0 Å². The van der Waals surface area contributed by atoms with Gasteiger partial charge in [0.05, 0.1) is 12.1 Å². The Morgan fingerprint density at radius 2 is 1.24 bits per heavy atom. The number of rotatable bonds is 5. The van der Waals surface area contributed by atoms with Gasteiger partial charge in [-0.05, 0) is 11.1 Å². The zero-order valence-electron chi connectivity index (χ0n) is 15.9. The number of hydrogen-bond donors (Lipinski definition) is 1. The monoisotopic (exact) mass is 382 g/mol. The van der Waals surface area contributed by atoms with Gasteiger partial charge >= 0.3 is 5.97 Å². The van der Waals surface area contributed by atoms with E-state index in [1.165, 1.54) is 18.2 Å². The summed E-state index contributed by atoms with van der Waals surface area (Å²) in [6, 6.07) is 23.3. The lowest BCUT2D eigenvalue weighted by Crippen LogP contribution is -1.84. The van der Waals surface area contributed by atoms with Gasteiger partial charge in [0.15, 0.2) is 0 Å². The first-order chi connectivity index (χ1) is 14.1. The molecule has 0 saturated heterocycles. The zero-order chi connectivity index (χ0) is 21.6. The summed E-state index contributed by atoms with van der Waals surface area (Å²) in [6.45, 7) is 3.12. The molecule has 0 heterocycles. The van der Waals surface area contributed by atoms with Crippen LogP contribution in [0.1, 0.15) is 11.1 Å². The highest BCUT2D eigenvalue weighted by molar-refractivity contribution is 5.80. The van der Waals surface area contributed by atoms with E-state index in [2.05, 4.69) is 6.58 Å². The molecule has 0 aliphatic carbocycles. The second-order valence-electron chi connectivity index (χ2n) is 5.06. The maximum Gasteiger partial charge on any atom is 0.328 e. The van der Waals surface area contributed by atoms with Crippen molar-refractivity contribution < 1.29 is 9.90 Å². The highest BCUT2D eigenvalue weighted by Gasteiger charge is 1.82. The topological polar surface area (TPSA) is 84.9 Å². The van der Waals surface area contributed by atoms with Crippen molar-refractivity contribution in [2.24, 2.45) is 0 Å². The molecule has 0 aromatic heterocycles. The van der Waals surface area contributed by atoms with Crippen LogP contribution in [0.2, 0.25) is 0 Å². The summed E-state index contributed by atoms with van der Waals surface area (Å²) in [5, 5.41) is 24.0. The van der Waals surface area contributed by atoms with Crippen molar-refractivity contribution in [3.63, 3.8) is 0 Å². The molecule has 0 bridgehead atoms. The van der Waals surface area contributed by atoms with Crippen molar-refractivity contribution >= 4 is 18.1 Å². The van der Waals surface area contributed by atoms with Crippen molar-refractivity contribution in [2.45, 2.75) is 0 Å². The Hall–Kier alpha value is -4.41. The van der Waals surface area contributed by atoms with Crippen molar-refractivity contribution in [2.75, 3.05) is 0 Å². The zero-order valence-corrected chi connectivity index (χ0v) is 15.9. The van der Waals surface area contributed by atoms with Crippen LogP contribution in [0, 0.1) is 22.7 Å². The summed E-state index contributed by atoms with van der Waals surface area (Å²) < 4.78 is 0. The Morgan fingerprint density at radius 1 is 0.793 bits per heavy atom. The molecule has 0 amide bonds. The van der Waals surface area contributed by atoms with E-state index >= 15 is 0 Å². The predicted molar refractivity (Wildman–Crippen MR) is 118 cm³/mol. The molecule has 0 fully saturated rings. The maximum atomic E-state index is 10.1. The summed E-state index contributed by atoms with van der Waals surface area (Å²) in [6.07, 6.45) is 14.3. The van der Waals surface area contributed by atoms with E-state index in [-0.39, 0.29) is 0 Å². The number of carbonyl (C=O) groups is 1. The minimum Gasteiger partial charge on any atom is -0.478 e. The van der Waals surface area contributed by atoms with Crippen molar-refractivity contribution in [1.82, 2.24) is 0 Å². The largest absolute Gasteiger partial charge is 0.478 e. The number of carboxylic acid groups (broad SMARTS) is 1. The van der Waals surface area contributed by atoms with Gasteiger partial charge in [0.25, 0.3) is 0 Å². The molecule has 0 saturated carbocycles. The molecule has 0 unspecified atom stereocenters. The van der Waals surface area contributed by atoms with Gasteiger partial charge in [-0.25, -0.2) is 4.79 Å². The normalized spacial score (nSPS) is 9.86. The number of carboxylic acids is 1. The highest BCUT2D eigenvalue weighted by atomic mass is 16.4. The first kappa shape index (κ1) is 24.6. The number of allylic oxidation sites excluding steroid dienone is 6. The second-order valence-corrected chi connectivity index (χ2v) is 5.06. The van der Waals surface area contributed by atoms with E-state index in [0.717, 1.165) is 17.2 Å². The van der Waals surface area contributed by atoms with Crippen LogP contribution < -0.4 is 0 Å². The third-order valence-corrected chi connectivity index (χ3v) is 2.90. The van der Waals surface area contributed by atoms with E-state index in [1.54, 1.807) is 18.2 Å². The minimum atomic E-state index is -0.933. The van der Waals surface area contributed by atoms with Crippen molar-refractivity contribution in [3.05, 3.63) is 121 Å². The molecular formula is C25H22N2O2. The average molecular weight is 382 g/mol. The van der Waals surface area contributed by atoms with E-state index in [9.17, 15) is 4.79 Å². The Kier molecular flexibility index (Phi) is 15.6. The first-order valence-corrected chi connectivity index (χ1v) is 8.55. The lowest BCUT2D eigenvalue weighted by atomic mass is 10.2. The molecule has 4 nitrogen and oxygen atoms in total. The summed E-state index contributed by atoms with van der Waals surface area (Å²) in [4.78, 5) is 10.1. The van der Waals surface area contributed by atoms with Crippen LogP contribution in [0.4, 0.5) is 0 Å². The highest BCUT2D eigenvalue weighted by Crippen LogP contribution is 2.01. The lowest BCUT2D eigenvalue weighted by molar-refractivity contribution is -0.131. The van der Waals surface area contributed by atoms with Crippen molar-refractivity contribution in [3.8, 4) is 12.1 Å². The molecule has 0 radical (unpaired) electrons. The van der Waals surface area contributed by atoms with Gasteiger partial charge in [-0.15, -0.1) is 0 Å². The number of aliphatic carboxylic acids is 1. The van der Waals surface area contributed by atoms with E-state index in [1.807, 2.05) is 85.0 Å². The summed E-state index contributed by atoms with van der Waals surface area (Å²) in [7, 11) is 0. The standard InChI is InChI=1S/C11H9N.C11H10O2.C3H3N/c12-10-6-2-5-9-11-7-3-1-4-8-11;12-11(13)9-5-4-8-10-6-2-1-3-7-10;1-2-3-4/h1-9H;1-9H,(H,12,13);2H,1H2. The fourth-order valence-corrected chi connectivity index (χ4v) is 1.70. The Bertz CT molecular complexity index is 911. The molecule has 4 heteroatoms. The van der Waals surface area contributed by atoms with Gasteiger partial charge in [0.2, 0.25) is 0 Å². The van der Waals surface area contributed by atoms with Gasteiger partial charge in [0.1, 0.15) is 0 Å². The van der Waals surface area contributed by atoms with E-state index < -0.39 is 5.97 Å². The molecule has 29 heavy (non-hydrogen) atoms. The van der Waals surface area contributed by atoms with Crippen LogP contribution in [-0.4, -0.2) is 11.1 Å². The minimum absolute atomic E-state index is 0.933. The van der Waals surface area contributed by atoms with E-state index in [4.69, 9.17) is 15.6 Å². The van der Waals surface area contributed by atoms with Gasteiger partial charge < -0.3 is 5.11 Å². The van der Waals surface area contributed by atoms with Gasteiger partial charge in [0, 0.05) is 18.2 Å². The SMILES string of the molecule is C=CC#N.N#CC=CC=Cc1ccccc1.O=C(O)C=CC=Cc1ccccc1. The molecule has 144 valence electrons. The van der Waals surface area contributed by atoms with Crippen molar-refractivity contribution in [1.29, 1.82) is 10.5 Å². The molecule has 2 rings (SSSR count). The molecule has 0 spiro atoms. The molecule has 1 N–H and O–H groups in total. The fraction of sp³-hybridized carbons (Fsp3) is 0. The molecule has 0 aliphatic rings. The molecule has 2 aromatic rings.